The highest BCUT2D eigenvalue weighted by atomic mass is 16.1. The summed E-state index contributed by atoms with van der Waals surface area (Å²) < 4.78 is 0. The molecule has 0 fully saturated rings. The van der Waals surface area contributed by atoms with E-state index in [9.17, 15) is 4.79 Å². The van der Waals surface area contributed by atoms with Crippen molar-refractivity contribution in [1.82, 2.24) is 0 Å². The molecule has 0 bridgehead atoms. The Balaban J connectivity index is 2.89. The molecule has 0 saturated heterocycles. The minimum Gasteiger partial charge on any atom is -0.326 e. The van der Waals surface area contributed by atoms with E-state index in [1.165, 1.54) is 12.5 Å². The van der Waals surface area contributed by atoms with E-state index in [0.29, 0.717) is 0 Å². The lowest BCUT2D eigenvalue weighted by Crippen LogP contribution is -2.07. The van der Waals surface area contributed by atoms with Crippen molar-refractivity contribution in [1.29, 1.82) is 0 Å². The summed E-state index contributed by atoms with van der Waals surface area (Å²) in [7, 11) is 0. The topological polar surface area (TPSA) is 29.1 Å². The number of para-hydroxylation sites is 1. The van der Waals surface area contributed by atoms with Gasteiger partial charge in [0.2, 0.25) is 5.91 Å². The van der Waals surface area contributed by atoms with Gasteiger partial charge in [0.15, 0.2) is 0 Å². The Hall–Kier alpha value is -1.31. The molecule has 0 aliphatic heterocycles. The summed E-state index contributed by atoms with van der Waals surface area (Å²) in [5, 5.41) is 2.79. The molecule has 0 aliphatic rings. The van der Waals surface area contributed by atoms with Crippen LogP contribution in [0.15, 0.2) is 24.3 Å². The second kappa shape index (κ2) is 3.90. The van der Waals surface area contributed by atoms with E-state index in [0.717, 1.165) is 12.1 Å². The smallest absolute Gasteiger partial charge is 0.221 e. The van der Waals surface area contributed by atoms with Crippen LogP contribution in [0.5, 0.6) is 0 Å². The zero-order chi connectivity index (χ0) is 8.97. The molecule has 1 rings (SSSR count). The molecule has 1 aromatic rings. The van der Waals surface area contributed by atoms with Gasteiger partial charge in [-0.2, -0.15) is 0 Å². The molecule has 2 nitrogen and oxygen atoms in total. The van der Waals surface area contributed by atoms with E-state index in [2.05, 4.69) is 12.2 Å². The van der Waals surface area contributed by atoms with Crippen LogP contribution in [0.4, 0.5) is 5.69 Å². The highest BCUT2D eigenvalue weighted by Crippen LogP contribution is 2.14. The predicted molar refractivity (Wildman–Crippen MR) is 50.1 cm³/mol. The van der Waals surface area contributed by atoms with Gasteiger partial charge in [-0.1, -0.05) is 25.1 Å². The predicted octanol–water partition coefficient (Wildman–Crippen LogP) is 2.21. The first-order valence-corrected chi connectivity index (χ1v) is 4.09. The lowest BCUT2D eigenvalue weighted by atomic mass is 10.1. The van der Waals surface area contributed by atoms with Crippen molar-refractivity contribution in [2.24, 2.45) is 0 Å². The molecule has 64 valence electrons. The molecule has 0 radical (unpaired) electrons. The third-order valence-electron chi connectivity index (χ3n) is 1.71. The summed E-state index contributed by atoms with van der Waals surface area (Å²) >= 11 is 0. The van der Waals surface area contributed by atoms with Crippen molar-refractivity contribution in [2.45, 2.75) is 20.3 Å². The number of amides is 1. The minimum absolute atomic E-state index is 0.0177. The average Bonchev–Trinajstić information content (AvgIpc) is 2.04. The van der Waals surface area contributed by atoms with Crippen LogP contribution in [0.25, 0.3) is 0 Å². The first kappa shape index (κ1) is 8.78. The van der Waals surface area contributed by atoms with E-state index < -0.39 is 0 Å². The van der Waals surface area contributed by atoms with Crippen molar-refractivity contribution in [3.8, 4) is 0 Å². The summed E-state index contributed by atoms with van der Waals surface area (Å²) in [4.78, 5) is 10.8. The maximum Gasteiger partial charge on any atom is 0.221 e. The molecule has 2 heteroatoms. The van der Waals surface area contributed by atoms with Gasteiger partial charge in [0.05, 0.1) is 0 Å². The molecular weight excluding hydrogens is 150 g/mol. The highest BCUT2D eigenvalue weighted by molar-refractivity contribution is 5.89. The van der Waals surface area contributed by atoms with Gasteiger partial charge in [-0.15, -0.1) is 0 Å². The summed E-state index contributed by atoms with van der Waals surface area (Å²) in [6.07, 6.45) is 0.941. The van der Waals surface area contributed by atoms with Crippen molar-refractivity contribution in [2.75, 3.05) is 5.32 Å². The van der Waals surface area contributed by atoms with Gasteiger partial charge in [-0.25, -0.2) is 0 Å². The lowest BCUT2D eigenvalue weighted by Gasteiger charge is -2.06. The zero-order valence-corrected chi connectivity index (χ0v) is 7.42. The Morgan fingerprint density at radius 1 is 1.42 bits per heavy atom. The van der Waals surface area contributed by atoms with Gasteiger partial charge < -0.3 is 5.32 Å². The first-order valence-electron chi connectivity index (χ1n) is 4.09. The molecule has 1 aromatic carbocycles. The maximum atomic E-state index is 10.8. The van der Waals surface area contributed by atoms with Crippen LogP contribution in [0.2, 0.25) is 0 Å². The second-order valence-electron chi connectivity index (χ2n) is 2.69. The van der Waals surface area contributed by atoms with Crippen LogP contribution in [-0.2, 0) is 11.2 Å². The van der Waals surface area contributed by atoms with Crippen LogP contribution < -0.4 is 5.32 Å². The quantitative estimate of drug-likeness (QED) is 0.711. The van der Waals surface area contributed by atoms with E-state index in [-0.39, 0.29) is 5.91 Å². The average molecular weight is 163 g/mol. The molecule has 1 amide bonds. The number of aryl methyl sites for hydroxylation is 1. The van der Waals surface area contributed by atoms with Gasteiger partial charge in [-0.3, -0.25) is 4.79 Å². The van der Waals surface area contributed by atoms with Crippen LogP contribution >= 0.6 is 0 Å². The summed E-state index contributed by atoms with van der Waals surface area (Å²) in [5.41, 5.74) is 2.10. The maximum absolute atomic E-state index is 10.8. The van der Waals surface area contributed by atoms with Gasteiger partial charge >= 0.3 is 0 Å². The molecule has 0 unspecified atom stereocenters. The molecule has 0 aliphatic carbocycles. The molecular formula is C10H13NO. The first-order chi connectivity index (χ1) is 5.74. The number of rotatable bonds is 2. The van der Waals surface area contributed by atoms with Gasteiger partial charge in [0.25, 0.3) is 0 Å². The standard InChI is InChI=1S/C10H13NO/c1-3-9-6-4-5-7-10(9)11-8(2)12/h4-7H,3H2,1-2H3,(H,11,12). The monoisotopic (exact) mass is 163 g/mol. The van der Waals surface area contributed by atoms with Crippen molar-refractivity contribution in [3.05, 3.63) is 29.8 Å². The van der Waals surface area contributed by atoms with Crippen molar-refractivity contribution < 1.29 is 4.79 Å². The Kier molecular flexibility index (Phi) is 2.86. The number of hydrogen-bond donors (Lipinski definition) is 1. The van der Waals surface area contributed by atoms with E-state index in [4.69, 9.17) is 0 Å². The summed E-state index contributed by atoms with van der Waals surface area (Å²) in [6, 6.07) is 7.83. The normalized spacial score (nSPS) is 9.50. The zero-order valence-electron chi connectivity index (χ0n) is 7.42. The number of hydrogen-bond acceptors (Lipinski definition) is 1. The second-order valence-corrected chi connectivity index (χ2v) is 2.69. The van der Waals surface area contributed by atoms with Crippen LogP contribution in [0.1, 0.15) is 19.4 Å². The largest absolute Gasteiger partial charge is 0.326 e. The van der Waals surface area contributed by atoms with Crippen LogP contribution in [-0.4, -0.2) is 5.91 Å². The van der Waals surface area contributed by atoms with Crippen molar-refractivity contribution in [3.63, 3.8) is 0 Å². The minimum atomic E-state index is -0.0177. The SMILES string of the molecule is CCc1ccccc1NC(C)=O. The molecule has 12 heavy (non-hydrogen) atoms. The summed E-state index contributed by atoms with van der Waals surface area (Å²) in [6.45, 7) is 3.59. The van der Waals surface area contributed by atoms with Gasteiger partial charge in [-0.05, 0) is 18.1 Å². The molecule has 1 N–H and O–H groups in total. The Morgan fingerprint density at radius 3 is 2.67 bits per heavy atom. The number of anilines is 1. The fourth-order valence-electron chi connectivity index (χ4n) is 1.14. The van der Waals surface area contributed by atoms with Crippen LogP contribution in [0, 0.1) is 0 Å². The fraction of sp³-hybridized carbons (Fsp3) is 0.300. The van der Waals surface area contributed by atoms with E-state index in [1.807, 2.05) is 24.3 Å². The number of carbonyl (C=O) groups excluding carboxylic acids is 1. The Labute approximate surface area is 72.6 Å². The lowest BCUT2D eigenvalue weighted by molar-refractivity contribution is -0.114. The molecule has 0 aromatic heterocycles. The Bertz CT molecular complexity index is 281. The number of nitrogens with one attached hydrogen (secondary N) is 1. The molecule has 0 spiro atoms. The summed E-state index contributed by atoms with van der Waals surface area (Å²) in [5.74, 6) is -0.0177. The van der Waals surface area contributed by atoms with E-state index >= 15 is 0 Å². The highest BCUT2D eigenvalue weighted by Gasteiger charge is 1.99. The number of benzene rings is 1. The molecule has 0 heterocycles. The molecule has 0 saturated carbocycles. The molecule has 0 atom stereocenters. The van der Waals surface area contributed by atoms with Crippen molar-refractivity contribution >= 4 is 11.6 Å². The fourth-order valence-corrected chi connectivity index (χ4v) is 1.14. The van der Waals surface area contributed by atoms with E-state index in [1.54, 1.807) is 0 Å². The Morgan fingerprint density at radius 2 is 2.08 bits per heavy atom. The van der Waals surface area contributed by atoms with Gasteiger partial charge in [0, 0.05) is 12.6 Å². The third kappa shape index (κ3) is 2.09. The number of carbonyl (C=O) groups is 1. The van der Waals surface area contributed by atoms with Gasteiger partial charge in [0.1, 0.15) is 0 Å². The third-order valence-corrected chi connectivity index (χ3v) is 1.71. The van der Waals surface area contributed by atoms with Crippen LogP contribution in [0.3, 0.4) is 0 Å².